The van der Waals surface area contributed by atoms with E-state index < -0.39 is 0 Å². The normalized spacial score (nSPS) is 14.2. The van der Waals surface area contributed by atoms with Crippen LogP contribution in [0.3, 0.4) is 0 Å². The van der Waals surface area contributed by atoms with Crippen molar-refractivity contribution in [2.24, 2.45) is 0 Å². The minimum atomic E-state index is 0.0873. The largest absolute Gasteiger partial charge is 0.332 e. The van der Waals surface area contributed by atoms with Crippen molar-refractivity contribution in [3.8, 4) is 0 Å². The van der Waals surface area contributed by atoms with Gasteiger partial charge in [-0.3, -0.25) is 9.78 Å². The van der Waals surface area contributed by atoms with Crippen molar-refractivity contribution in [1.82, 2.24) is 9.88 Å². The maximum Gasteiger partial charge on any atom is 0.247 e. The van der Waals surface area contributed by atoms with Gasteiger partial charge < -0.3 is 4.90 Å². The van der Waals surface area contributed by atoms with Crippen molar-refractivity contribution in [2.45, 2.75) is 39.3 Å². The van der Waals surface area contributed by atoms with Crippen molar-refractivity contribution < 1.29 is 4.79 Å². The number of hydrogen-bond donors (Lipinski definition) is 0. The Morgan fingerprint density at radius 3 is 2.61 bits per heavy atom. The van der Waals surface area contributed by atoms with Crippen LogP contribution in [0.2, 0.25) is 0 Å². The van der Waals surface area contributed by atoms with Gasteiger partial charge in [0, 0.05) is 31.1 Å². The van der Waals surface area contributed by atoms with Crippen LogP contribution in [-0.2, 0) is 11.3 Å². The summed E-state index contributed by atoms with van der Waals surface area (Å²) in [7, 11) is 0. The van der Waals surface area contributed by atoms with Gasteiger partial charge in [0.2, 0.25) is 5.91 Å². The molecule has 1 fully saturated rings. The molecule has 1 amide bonds. The molecule has 0 N–H and O–H groups in total. The number of rotatable bonds is 5. The lowest BCUT2D eigenvalue weighted by atomic mass is 10.1. The van der Waals surface area contributed by atoms with Crippen LogP contribution >= 0.6 is 0 Å². The number of amides is 1. The second-order valence-electron chi connectivity index (χ2n) is 6.25. The summed E-state index contributed by atoms with van der Waals surface area (Å²) >= 11 is 0. The van der Waals surface area contributed by atoms with Crippen molar-refractivity contribution in [3.63, 3.8) is 0 Å². The highest BCUT2D eigenvalue weighted by Crippen LogP contribution is 2.28. The number of hydrogen-bond acceptors (Lipinski definition) is 2. The second-order valence-corrected chi connectivity index (χ2v) is 6.25. The maximum absolute atomic E-state index is 12.6. The molecule has 118 valence electrons. The first-order valence-corrected chi connectivity index (χ1v) is 8.08. The summed E-state index contributed by atoms with van der Waals surface area (Å²) in [6.45, 7) is 4.81. The van der Waals surface area contributed by atoms with E-state index in [1.54, 1.807) is 18.5 Å². The average Bonchev–Trinajstić information content (AvgIpc) is 3.37. The Bertz CT molecular complexity index is 718. The standard InChI is InChI=1S/C20H22N2O/c1-15-3-4-18(16(2)13-15)5-8-20(23)22(19-6-7-19)14-17-9-11-21-12-10-17/h3-5,8-13,19H,6-7,14H2,1-2H3/b8-5+. The van der Waals surface area contributed by atoms with E-state index in [4.69, 9.17) is 0 Å². The number of benzene rings is 1. The smallest absolute Gasteiger partial charge is 0.247 e. The van der Waals surface area contributed by atoms with Gasteiger partial charge in [0.05, 0.1) is 0 Å². The fourth-order valence-corrected chi connectivity index (χ4v) is 2.73. The Morgan fingerprint density at radius 2 is 1.96 bits per heavy atom. The highest BCUT2D eigenvalue weighted by Gasteiger charge is 2.31. The van der Waals surface area contributed by atoms with Crippen LogP contribution in [-0.4, -0.2) is 21.8 Å². The first kappa shape index (κ1) is 15.5. The number of carbonyl (C=O) groups excluding carboxylic acids is 1. The van der Waals surface area contributed by atoms with E-state index in [-0.39, 0.29) is 5.91 Å². The molecule has 3 rings (SSSR count). The molecule has 1 aromatic carbocycles. The Kier molecular flexibility index (Phi) is 4.56. The quantitative estimate of drug-likeness (QED) is 0.785. The molecule has 23 heavy (non-hydrogen) atoms. The predicted molar refractivity (Wildman–Crippen MR) is 92.8 cm³/mol. The molecule has 1 saturated carbocycles. The van der Waals surface area contributed by atoms with E-state index in [1.165, 1.54) is 11.1 Å². The number of aromatic nitrogens is 1. The lowest BCUT2D eigenvalue weighted by Crippen LogP contribution is -2.31. The van der Waals surface area contributed by atoms with Crippen LogP contribution in [0, 0.1) is 13.8 Å². The number of carbonyl (C=O) groups is 1. The zero-order valence-corrected chi connectivity index (χ0v) is 13.7. The van der Waals surface area contributed by atoms with E-state index in [0.29, 0.717) is 12.6 Å². The minimum Gasteiger partial charge on any atom is -0.332 e. The molecule has 1 aliphatic rings. The third-order valence-corrected chi connectivity index (χ3v) is 4.20. The van der Waals surface area contributed by atoms with Crippen LogP contribution in [0.25, 0.3) is 6.08 Å². The van der Waals surface area contributed by atoms with Gasteiger partial charge in [-0.2, -0.15) is 0 Å². The van der Waals surface area contributed by atoms with Gasteiger partial charge in [-0.15, -0.1) is 0 Å². The highest BCUT2D eigenvalue weighted by atomic mass is 16.2. The molecule has 1 aromatic heterocycles. The van der Waals surface area contributed by atoms with Gasteiger partial charge in [0.1, 0.15) is 0 Å². The Morgan fingerprint density at radius 1 is 1.22 bits per heavy atom. The van der Waals surface area contributed by atoms with Crippen LogP contribution in [0.5, 0.6) is 0 Å². The van der Waals surface area contributed by atoms with Gasteiger partial charge in [0.25, 0.3) is 0 Å². The Labute approximate surface area is 137 Å². The van der Waals surface area contributed by atoms with Gasteiger partial charge in [-0.25, -0.2) is 0 Å². The zero-order valence-electron chi connectivity index (χ0n) is 13.7. The van der Waals surface area contributed by atoms with E-state index in [2.05, 4.69) is 37.0 Å². The molecule has 0 atom stereocenters. The Hall–Kier alpha value is -2.42. The summed E-state index contributed by atoms with van der Waals surface area (Å²) in [5.74, 6) is 0.0873. The molecule has 3 heteroatoms. The SMILES string of the molecule is Cc1ccc(/C=C/C(=O)N(Cc2ccncc2)C2CC2)c(C)c1. The maximum atomic E-state index is 12.6. The summed E-state index contributed by atoms with van der Waals surface area (Å²) in [6.07, 6.45) is 9.39. The molecule has 0 unspecified atom stereocenters. The average molecular weight is 306 g/mol. The van der Waals surface area contributed by atoms with Crippen molar-refractivity contribution >= 4 is 12.0 Å². The fraction of sp³-hybridized carbons (Fsp3) is 0.300. The molecular weight excluding hydrogens is 284 g/mol. The highest BCUT2D eigenvalue weighted by molar-refractivity contribution is 5.92. The molecule has 0 radical (unpaired) electrons. The van der Waals surface area contributed by atoms with Crippen molar-refractivity contribution in [3.05, 3.63) is 71.1 Å². The molecule has 0 spiro atoms. The predicted octanol–water partition coefficient (Wildman–Crippen LogP) is 3.90. The molecule has 3 nitrogen and oxygen atoms in total. The second kappa shape index (κ2) is 6.78. The zero-order chi connectivity index (χ0) is 16.2. The summed E-state index contributed by atoms with van der Waals surface area (Å²) in [4.78, 5) is 18.6. The summed E-state index contributed by atoms with van der Waals surface area (Å²) in [6, 6.07) is 10.6. The van der Waals surface area contributed by atoms with E-state index in [1.807, 2.05) is 23.1 Å². The first-order chi connectivity index (χ1) is 11.1. The molecule has 1 heterocycles. The molecule has 0 saturated heterocycles. The lowest BCUT2D eigenvalue weighted by molar-refractivity contribution is -0.127. The summed E-state index contributed by atoms with van der Waals surface area (Å²) in [5.41, 5.74) is 4.66. The van der Waals surface area contributed by atoms with Crippen LogP contribution in [0.1, 0.15) is 35.1 Å². The molecular formula is C20H22N2O. The third-order valence-electron chi connectivity index (χ3n) is 4.20. The minimum absolute atomic E-state index is 0.0873. The van der Waals surface area contributed by atoms with Crippen LogP contribution < -0.4 is 0 Å². The third kappa shape index (κ3) is 4.07. The topological polar surface area (TPSA) is 33.2 Å². The number of nitrogens with zero attached hydrogens (tertiary/aromatic N) is 2. The molecule has 2 aromatic rings. The number of pyridine rings is 1. The van der Waals surface area contributed by atoms with Gasteiger partial charge in [-0.1, -0.05) is 23.8 Å². The summed E-state index contributed by atoms with van der Waals surface area (Å²) in [5, 5.41) is 0. The van der Waals surface area contributed by atoms with Crippen molar-refractivity contribution in [1.29, 1.82) is 0 Å². The fourth-order valence-electron chi connectivity index (χ4n) is 2.73. The lowest BCUT2D eigenvalue weighted by Gasteiger charge is -2.21. The van der Waals surface area contributed by atoms with Crippen molar-refractivity contribution in [2.75, 3.05) is 0 Å². The first-order valence-electron chi connectivity index (χ1n) is 8.08. The van der Waals surface area contributed by atoms with Crippen LogP contribution in [0.4, 0.5) is 0 Å². The van der Waals surface area contributed by atoms with Crippen LogP contribution in [0.15, 0.2) is 48.8 Å². The molecule has 0 aliphatic heterocycles. The molecule has 0 bridgehead atoms. The summed E-state index contributed by atoms with van der Waals surface area (Å²) < 4.78 is 0. The van der Waals surface area contributed by atoms with Gasteiger partial charge in [0.15, 0.2) is 0 Å². The van der Waals surface area contributed by atoms with E-state index >= 15 is 0 Å². The van der Waals surface area contributed by atoms with E-state index in [9.17, 15) is 4.79 Å². The monoisotopic (exact) mass is 306 g/mol. The van der Waals surface area contributed by atoms with Gasteiger partial charge >= 0.3 is 0 Å². The Balaban J connectivity index is 1.72. The number of aryl methyl sites for hydroxylation is 2. The van der Waals surface area contributed by atoms with Gasteiger partial charge in [-0.05, 0) is 61.6 Å². The van der Waals surface area contributed by atoms with E-state index in [0.717, 1.165) is 24.0 Å². The molecule has 1 aliphatic carbocycles.